The van der Waals surface area contributed by atoms with Gasteiger partial charge in [0.1, 0.15) is 12.4 Å². The van der Waals surface area contributed by atoms with E-state index in [0.29, 0.717) is 6.61 Å². The van der Waals surface area contributed by atoms with Crippen LogP contribution in [0.2, 0.25) is 0 Å². The predicted molar refractivity (Wildman–Crippen MR) is 112 cm³/mol. The zero-order chi connectivity index (χ0) is 16.8. The van der Waals surface area contributed by atoms with Gasteiger partial charge in [0, 0.05) is 28.0 Å². The van der Waals surface area contributed by atoms with Gasteiger partial charge in [0.05, 0.1) is 0 Å². The summed E-state index contributed by atoms with van der Waals surface area (Å²) in [7, 11) is 0. The van der Waals surface area contributed by atoms with E-state index in [4.69, 9.17) is 4.74 Å². The van der Waals surface area contributed by atoms with Crippen molar-refractivity contribution in [3.63, 3.8) is 0 Å². The molecule has 25 heavy (non-hydrogen) atoms. The maximum atomic E-state index is 6.05. The van der Waals surface area contributed by atoms with Gasteiger partial charge in [0.2, 0.25) is 0 Å². The predicted octanol–water partition coefficient (Wildman–Crippen LogP) is 6.11. The van der Waals surface area contributed by atoms with Gasteiger partial charge in [-0.25, -0.2) is 0 Å². The Bertz CT molecular complexity index is 775. The van der Waals surface area contributed by atoms with Crippen molar-refractivity contribution in [1.29, 1.82) is 0 Å². The summed E-state index contributed by atoms with van der Waals surface area (Å²) in [6.07, 6.45) is 0. The first-order valence-corrected chi connectivity index (χ1v) is 9.58. The molecule has 0 aliphatic carbocycles. The second-order valence-electron chi connectivity index (χ2n) is 5.71. The van der Waals surface area contributed by atoms with Crippen molar-refractivity contribution in [1.82, 2.24) is 5.32 Å². The second-order valence-corrected chi connectivity index (χ2v) is 7.66. The molecule has 1 N–H and O–H groups in total. The largest absolute Gasteiger partial charge is 0.489 e. The van der Waals surface area contributed by atoms with E-state index in [1.165, 1.54) is 16.0 Å². The highest BCUT2D eigenvalue weighted by Gasteiger charge is 2.06. The summed E-state index contributed by atoms with van der Waals surface area (Å²) in [5, 5.41) is 5.59. The van der Waals surface area contributed by atoms with E-state index in [1.54, 1.807) is 11.3 Å². The van der Waals surface area contributed by atoms with Crippen molar-refractivity contribution in [2.75, 3.05) is 0 Å². The van der Waals surface area contributed by atoms with E-state index >= 15 is 0 Å². The van der Waals surface area contributed by atoms with Crippen LogP contribution in [0.4, 0.5) is 0 Å². The molecule has 2 aromatic carbocycles. The first-order valence-electron chi connectivity index (χ1n) is 7.90. The molecular weight excluding hydrogens is 418 g/mol. The van der Waals surface area contributed by atoms with E-state index in [0.717, 1.165) is 28.9 Å². The standard InChI is InChI=1S/C20H20BrNOS.ClH/c1-15-4-6-16(7-5-15)14-23-20-9-8-18(21)11-17(20)12-22-13-19-3-2-10-24-19;/h2-11,22H,12-14H2,1H3;1H. The van der Waals surface area contributed by atoms with E-state index in [2.05, 4.69) is 76.0 Å². The quantitative estimate of drug-likeness (QED) is 0.480. The fraction of sp³-hybridized carbons (Fsp3) is 0.200. The average molecular weight is 439 g/mol. The van der Waals surface area contributed by atoms with Crippen molar-refractivity contribution in [2.24, 2.45) is 0 Å². The minimum Gasteiger partial charge on any atom is -0.489 e. The van der Waals surface area contributed by atoms with Crippen molar-refractivity contribution >= 4 is 39.7 Å². The smallest absolute Gasteiger partial charge is 0.124 e. The van der Waals surface area contributed by atoms with Gasteiger partial charge in [-0.15, -0.1) is 23.7 Å². The van der Waals surface area contributed by atoms with Crippen LogP contribution < -0.4 is 10.1 Å². The molecule has 0 unspecified atom stereocenters. The van der Waals surface area contributed by atoms with Gasteiger partial charge in [0.15, 0.2) is 0 Å². The molecule has 3 aromatic rings. The highest BCUT2D eigenvalue weighted by atomic mass is 79.9. The van der Waals surface area contributed by atoms with E-state index < -0.39 is 0 Å². The lowest BCUT2D eigenvalue weighted by molar-refractivity contribution is 0.302. The number of hydrogen-bond acceptors (Lipinski definition) is 3. The van der Waals surface area contributed by atoms with Crippen LogP contribution in [0, 0.1) is 6.92 Å². The van der Waals surface area contributed by atoms with Crippen molar-refractivity contribution in [2.45, 2.75) is 26.6 Å². The minimum atomic E-state index is 0. The summed E-state index contributed by atoms with van der Waals surface area (Å²) in [6, 6.07) is 18.9. The molecule has 0 fully saturated rings. The second kappa shape index (κ2) is 9.97. The Morgan fingerprint density at radius 3 is 2.56 bits per heavy atom. The van der Waals surface area contributed by atoms with Crippen LogP contribution in [0.3, 0.4) is 0 Å². The van der Waals surface area contributed by atoms with Gasteiger partial charge in [-0.1, -0.05) is 51.8 Å². The number of rotatable bonds is 7. The number of aryl methyl sites for hydroxylation is 1. The summed E-state index contributed by atoms with van der Waals surface area (Å²) >= 11 is 5.32. The molecule has 0 atom stereocenters. The number of thiophene rings is 1. The Morgan fingerprint density at radius 1 is 1.04 bits per heavy atom. The van der Waals surface area contributed by atoms with Gasteiger partial charge in [-0.2, -0.15) is 0 Å². The normalized spacial score (nSPS) is 10.3. The third-order valence-corrected chi connectivity index (χ3v) is 5.10. The molecule has 132 valence electrons. The number of nitrogens with one attached hydrogen (secondary N) is 1. The van der Waals surface area contributed by atoms with Gasteiger partial charge in [-0.3, -0.25) is 0 Å². The third kappa shape index (κ3) is 6.15. The van der Waals surface area contributed by atoms with Crippen molar-refractivity contribution in [3.8, 4) is 5.75 Å². The molecule has 0 amide bonds. The van der Waals surface area contributed by atoms with Crippen LogP contribution in [-0.2, 0) is 19.7 Å². The lowest BCUT2D eigenvalue weighted by Gasteiger charge is -2.13. The summed E-state index contributed by atoms with van der Waals surface area (Å²) in [5.74, 6) is 0.928. The summed E-state index contributed by atoms with van der Waals surface area (Å²) in [4.78, 5) is 1.34. The molecular formula is C20H21BrClNOS. The molecule has 5 heteroatoms. The zero-order valence-electron chi connectivity index (χ0n) is 14.0. The number of ether oxygens (including phenoxy) is 1. The highest BCUT2D eigenvalue weighted by Crippen LogP contribution is 2.24. The molecule has 0 radical (unpaired) electrons. The summed E-state index contributed by atoms with van der Waals surface area (Å²) < 4.78 is 7.12. The Labute approximate surface area is 167 Å². The topological polar surface area (TPSA) is 21.3 Å². The summed E-state index contributed by atoms with van der Waals surface area (Å²) in [6.45, 7) is 4.33. The van der Waals surface area contributed by atoms with Crippen LogP contribution in [0.1, 0.15) is 21.6 Å². The van der Waals surface area contributed by atoms with Crippen LogP contribution in [-0.4, -0.2) is 0 Å². The van der Waals surface area contributed by atoms with Crippen LogP contribution >= 0.6 is 39.7 Å². The van der Waals surface area contributed by atoms with Gasteiger partial charge in [0.25, 0.3) is 0 Å². The lowest BCUT2D eigenvalue weighted by Crippen LogP contribution is -2.13. The molecule has 3 rings (SSSR count). The van der Waals surface area contributed by atoms with E-state index in [9.17, 15) is 0 Å². The molecule has 2 nitrogen and oxygen atoms in total. The van der Waals surface area contributed by atoms with Crippen LogP contribution in [0.5, 0.6) is 5.75 Å². The van der Waals surface area contributed by atoms with Crippen molar-refractivity contribution < 1.29 is 4.74 Å². The Hall–Kier alpha value is -1.33. The first-order chi connectivity index (χ1) is 11.7. The fourth-order valence-electron chi connectivity index (χ4n) is 2.41. The molecule has 0 saturated heterocycles. The molecule has 0 saturated carbocycles. The van der Waals surface area contributed by atoms with Crippen LogP contribution in [0.15, 0.2) is 64.5 Å². The molecule has 0 aliphatic rings. The first kappa shape index (κ1) is 20.0. The van der Waals surface area contributed by atoms with Gasteiger partial charge in [-0.05, 0) is 42.1 Å². The van der Waals surface area contributed by atoms with Gasteiger partial charge >= 0.3 is 0 Å². The summed E-state index contributed by atoms with van der Waals surface area (Å²) in [5.41, 5.74) is 3.61. The average Bonchev–Trinajstić information content (AvgIpc) is 3.09. The Morgan fingerprint density at radius 2 is 1.84 bits per heavy atom. The lowest BCUT2D eigenvalue weighted by atomic mass is 10.1. The molecule has 0 spiro atoms. The highest BCUT2D eigenvalue weighted by molar-refractivity contribution is 9.10. The Kier molecular flexibility index (Phi) is 7.97. The molecule has 0 aliphatic heterocycles. The maximum Gasteiger partial charge on any atom is 0.124 e. The maximum absolute atomic E-state index is 6.05. The van der Waals surface area contributed by atoms with E-state index in [1.807, 2.05) is 12.1 Å². The minimum absolute atomic E-state index is 0. The molecule has 1 aromatic heterocycles. The van der Waals surface area contributed by atoms with Crippen LogP contribution in [0.25, 0.3) is 0 Å². The Balaban J connectivity index is 0.00000225. The fourth-order valence-corrected chi connectivity index (χ4v) is 3.49. The zero-order valence-corrected chi connectivity index (χ0v) is 17.2. The number of hydrogen-bond donors (Lipinski definition) is 1. The van der Waals surface area contributed by atoms with Gasteiger partial charge < -0.3 is 10.1 Å². The third-order valence-electron chi connectivity index (χ3n) is 3.73. The van der Waals surface area contributed by atoms with E-state index in [-0.39, 0.29) is 12.4 Å². The monoisotopic (exact) mass is 437 g/mol. The number of benzene rings is 2. The van der Waals surface area contributed by atoms with Crippen molar-refractivity contribution in [3.05, 3.63) is 86.0 Å². The molecule has 1 heterocycles. The molecule has 0 bridgehead atoms. The number of halogens is 2. The SMILES string of the molecule is Cc1ccc(COc2ccc(Br)cc2CNCc2cccs2)cc1.Cl.